The van der Waals surface area contributed by atoms with Gasteiger partial charge in [0.1, 0.15) is 0 Å². The van der Waals surface area contributed by atoms with E-state index < -0.39 is 0 Å². The summed E-state index contributed by atoms with van der Waals surface area (Å²) in [7, 11) is 0. The predicted octanol–water partition coefficient (Wildman–Crippen LogP) is 8.43. The Morgan fingerprint density at radius 1 is 0.438 bits per heavy atom. The Hall–Kier alpha value is -4.10. The van der Waals surface area contributed by atoms with Crippen molar-refractivity contribution in [1.82, 2.24) is 4.57 Å². The quantitative estimate of drug-likeness (QED) is 0.276. The molecule has 0 atom stereocenters. The van der Waals surface area contributed by atoms with Crippen LogP contribution in [0, 0.1) is 6.92 Å². The lowest BCUT2D eigenvalue weighted by atomic mass is 10.0. The van der Waals surface area contributed by atoms with Crippen molar-refractivity contribution in [2.45, 2.75) is 6.92 Å². The number of aromatic nitrogens is 1. The number of hydrogen-bond acceptors (Lipinski definition) is 0. The van der Waals surface area contributed by atoms with Crippen LogP contribution in [0.15, 0.2) is 121 Å². The van der Waals surface area contributed by atoms with E-state index in [9.17, 15) is 0 Å². The second-order valence-electron chi connectivity index (χ2n) is 8.37. The van der Waals surface area contributed by atoms with Crippen molar-refractivity contribution >= 4 is 21.8 Å². The molecular weight excluding hydrogens is 386 g/mol. The van der Waals surface area contributed by atoms with Gasteiger partial charge in [0, 0.05) is 16.5 Å². The zero-order valence-electron chi connectivity index (χ0n) is 18.0. The Bertz CT molecular complexity index is 1550. The minimum Gasteiger partial charge on any atom is -0.309 e. The summed E-state index contributed by atoms with van der Waals surface area (Å²) in [6.07, 6.45) is 0. The fourth-order valence-electron chi connectivity index (χ4n) is 4.69. The molecule has 0 aliphatic rings. The molecule has 0 saturated heterocycles. The van der Waals surface area contributed by atoms with Crippen molar-refractivity contribution in [3.8, 4) is 27.9 Å². The molecule has 0 N–H and O–H groups in total. The van der Waals surface area contributed by atoms with Gasteiger partial charge in [-0.3, -0.25) is 0 Å². The Labute approximate surface area is 188 Å². The van der Waals surface area contributed by atoms with Gasteiger partial charge in [0.05, 0.1) is 11.0 Å². The first-order chi connectivity index (χ1) is 15.8. The Balaban J connectivity index is 1.55. The maximum absolute atomic E-state index is 2.39. The fraction of sp³-hybridized carbons (Fsp3) is 0.0323. The summed E-state index contributed by atoms with van der Waals surface area (Å²) in [6.45, 7) is 2.14. The lowest BCUT2D eigenvalue weighted by Gasteiger charge is -2.10. The van der Waals surface area contributed by atoms with Crippen LogP contribution in [0.3, 0.4) is 0 Å². The fourth-order valence-corrected chi connectivity index (χ4v) is 4.69. The van der Waals surface area contributed by atoms with Crippen molar-refractivity contribution in [3.05, 3.63) is 127 Å². The first-order valence-corrected chi connectivity index (χ1v) is 11.0. The van der Waals surface area contributed by atoms with E-state index in [0.717, 1.165) is 0 Å². The number of nitrogens with zero attached hydrogens (tertiary/aromatic N) is 1. The van der Waals surface area contributed by atoms with Crippen LogP contribution in [-0.4, -0.2) is 4.57 Å². The van der Waals surface area contributed by atoms with Gasteiger partial charge in [0.15, 0.2) is 0 Å². The van der Waals surface area contributed by atoms with Crippen molar-refractivity contribution in [2.75, 3.05) is 0 Å². The number of hydrogen-bond donors (Lipinski definition) is 0. The highest BCUT2D eigenvalue weighted by molar-refractivity contribution is 6.10. The Morgan fingerprint density at radius 2 is 1.06 bits per heavy atom. The average Bonchev–Trinajstić information content (AvgIpc) is 3.18. The molecule has 0 bridgehead atoms. The molecule has 6 aromatic rings. The molecule has 1 nitrogen and oxygen atoms in total. The summed E-state index contributed by atoms with van der Waals surface area (Å²) in [5, 5.41) is 2.56. The molecule has 0 radical (unpaired) electrons. The van der Waals surface area contributed by atoms with E-state index in [1.165, 1.54) is 55.3 Å². The largest absolute Gasteiger partial charge is 0.309 e. The molecule has 0 unspecified atom stereocenters. The second kappa shape index (κ2) is 7.55. The molecular formula is C31H23N. The highest BCUT2D eigenvalue weighted by atomic mass is 15.0. The second-order valence-corrected chi connectivity index (χ2v) is 8.37. The van der Waals surface area contributed by atoms with E-state index >= 15 is 0 Å². The topological polar surface area (TPSA) is 4.93 Å². The lowest BCUT2D eigenvalue weighted by Crippen LogP contribution is -1.94. The van der Waals surface area contributed by atoms with Gasteiger partial charge in [-0.2, -0.15) is 0 Å². The predicted molar refractivity (Wildman–Crippen MR) is 136 cm³/mol. The third kappa shape index (κ3) is 3.11. The van der Waals surface area contributed by atoms with Crippen molar-refractivity contribution in [3.63, 3.8) is 0 Å². The van der Waals surface area contributed by atoms with E-state index in [2.05, 4.69) is 133 Å². The van der Waals surface area contributed by atoms with Gasteiger partial charge in [-0.1, -0.05) is 103 Å². The maximum atomic E-state index is 2.39. The summed E-state index contributed by atoms with van der Waals surface area (Å²) >= 11 is 0. The van der Waals surface area contributed by atoms with Crippen LogP contribution >= 0.6 is 0 Å². The molecule has 6 rings (SSSR count). The molecule has 1 heterocycles. The first kappa shape index (κ1) is 18.7. The molecule has 0 fully saturated rings. The van der Waals surface area contributed by atoms with Crippen molar-refractivity contribution in [1.29, 1.82) is 0 Å². The number of benzene rings is 5. The monoisotopic (exact) mass is 409 g/mol. The van der Waals surface area contributed by atoms with E-state index in [4.69, 9.17) is 0 Å². The summed E-state index contributed by atoms with van der Waals surface area (Å²) in [5.41, 5.74) is 9.89. The molecule has 0 spiro atoms. The minimum absolute atomic E-state index is 1.18. The summed E-state index contributed by atoms with van der Waals surface area (Å²) in [5.74, 6) is 0. The first-order valence-electron chi connectivity index (χ1n) is 11.0. The molecule has 1 heteroatoms. The standard InChI is InChI=1S/C31H23N/c1-22-8-7-11-25(20-22)24-14-17-27(18-15-24)32-30-13-6-5-12-28(30)29-19-16-26(21-31(29)32)23-9-3-2-4-10-23/h2-21H,1H3. The van der Waals surface area contributed by atoms with Crippen molar-refractivity contribution < 1.29 is 0 Å². The molecule has 0 aliphatic heterocycles. The highest BCUT2D eigenvalue weighted by Crippen LogP contribution is 2.35. The van der Waals surface area contributed by atoms with E-state index in [1.54, 1.807) is 0 Å². The van der Waals surface area contributed by atoms with Gasteiger partial charge < -0.3 is 4.57 Å². The SMILES string of the molecule is Cc1cccc(-c2ccc(-n3c4ccccc4c4ccc(-c5ccccc5)cc43)cc2)c1. The molecule has 0 saturated carbocycles. The smallest absolute Gasteiger partial charge is 0.0547 e. The van der Waals surface area contributed by atoms with Crippen LogP contribution in [0.1, 0.15) is 5.56 Å². The third-order valence-electron chi connectivity index (χ3n) is 6.26. The molecule has 0 aliphatic carbocycles. The third-order valence-corrected chi connectivity index (χ3v) is 6.26. The lowest BCUT2D eigenvalue weighted by molar-refractivity contribution is 1.18. The van der Waals surface area contributed by atoms with Crippen LogP contribution in [0.5, 0.6) is 0 Å². The molecule has 5 aromatic carbocycles. The Morgan fingerprint density at radius 3 is 1.88 bits per heavy atom. The van der Waals surface area contributed by atoms with Crippen LogP contribution in [0.4, 0.5) is 0 Å². The van der Waals surface area contributed by atoms with E-state index in [-0.39, 0.29) is 0 Å². The molecule has 152 valence electrons. The maximum Gasteiger partial charge on any atom is 0.0547 e. The van der Waals surface area contributed by atoms with Crippen LogP contribution in [0.2, 0.25) is 0 Å². The van der Waals surface area contributed by atoms with Gasteiger partial charge in [-0.05, 0) is 53.4 Å². The number of rotatable bonds is 3. The normalized spacial score (nSPS) is 11.3. The Kier molecular flexibility index (Phi) is 4.40. The van der Waals surface area contributed by atoms with Gasteiger partial charge in [0.25, 0.3) is 0 Å². The summed E-state index contributed by atoms with van der Waals surface area (Å²) < 4.78 is 2.39. The van der Waals surface area contributed by atoms with Gasteiger partial charge >= 0.3 is 0 Å². The minimum atomic E-state index is 1.18. The van der Waals surface area contributed by atoms with E-state index in [1.807, 2.05) is 0 Å². The molecule has 32 heavy (non-hydrogen) atoms. The number of para-hydroxylation sites is 1. The van der Waals surface area contributed by atoms with Crippen LogP contribution < -0.4 is 0 Å². The number of fused-ring (bicyclic) bond motifs is 3. The summed E-state index contributed by atoms with van der Waals surface area (Å²) in [6, 6.07) is 43.7. The van der Waals surface area contributed by atoms with E-state index in [0.29, 0.717) is 0 Å². The highest BCUT2D eigenvalue weighted by Gasteiger charge is 2.13. The molecule has 0 amide bonds. The van der Waals surface area contributed by atoms with Gasteiger partial charge in [-0.25, -0.2) is 0 Å². The van der Waals surface area contributed by atoms with Crippen molar-refractivity contribution in [2.24, 2.45) is 0 Å². The molecule has 1 aromatic heterocycles. The summed E-state index contributed by atoms with van der Waals surface area (Å²) in [4.78, 5) is 0. The van der Waals surface area contributed by atoms with Gasteiger partial charge in [0.2, 0.25) is 0 Å². The number of aryl methyl sites for hydroxylation is 1. The van der Waals surface area contributed by atoms with Crippen LogP contribution in [-0.2, 0) is 0 Å². The zero-order chi connectivity index (χ0) is 21.5. The van der Waals surface area contributed by atoms with Gasteiger partial charge in [-0.15, -0.1) is 0 Å². The van der Waals surface area contributed by atoms with Crippen LogP contribution in [0.25, 0.3) is 49.7 Å². The zero-order valence-corrected chi connectivity index (χ0v) is 18.0. The average molecular weight is 410 g/mol.